The Bertz CT molecular complexity index is 629. The summed E-state index contributed by atoms with van der Waals surface area (Å²) in [5.74, 6) is 2.04. The maximum Gasteiger partial charge on any atom is 0.244 e. The zero-order chi connectivity index (χ0) is 16.4. The minimum absolute atomic E-state index is 0.0520. The number of nitrogens with one attached hydrogen (secondary N) is 1. The van der Waals surface area contributed by atoms with Crippen molar-refractivity contribution >= 4 is 12.1 Å². The fourth-order valence-electron chi connectivity index (χ4n) is 4.02. The molecule has 23 heavy (non-hydrogen) atoms. The van der Waals surface area contributed by atoms with E-state index in [1.165, 1.54) is 19.3 Å². The quantitative estimate of drug-likeness (QED) is 0.671. The Morgan fingerprint density at radius 3 is 2.74 bits per heavy atom. The van der Waals surface area contributed by atoms with Gasteiger partial charge in [-0.25, -0.2) is 5.43 Å². The number of carbonyl (C=O) groups excluding carboxylic acids is 1. The first kappa shape index (κ1) is 15.8. The second kappa shape index (κ2) is 6.22. The zero-order valence-corrected chi connectivity index (χ0v) is 14.0. The van der Waals surface area contributed by atoms with Crippen LogP contribution in [0.25, 0.3) is 0 Å². The van der Waals surface area contributed by atoms with E-state index in [0.29, 0.717) is 17.4 Å². The van der Waals surface area contributed by atoms with Crippen LogP contribution in [0.5, 0.6) is 11.5 Å². The molecule has 0 saturated heterocycles. The van der Waals surface area contributed by atoms with Gasteiger partial charge in [0.25, 0.3) is 0 Å². The summed E-state index contributed by atoms with van der Waals surface area (Å²) in [6.45, 7) is 2.24. The van der Waals surface area contributed by atoms with Crippen molar-refractivity contribution in [2.75, 3.05) is 14.2 Å². The first-order chi connectivity index (χ1) is 11.1. The van der Waals surface area contributed by atoms with Crippen molar-refractivity contribution in [3.63, 3.8) is 0 Å². The average Bonchev–Trinajstić information content (AvgIpc) is 3.20. The number of benzene rings is 1. The molecule has 2 saturated carbocycles. The molecule has 5 heteroatoms. The second-order valence-electron chi connectivity index (χ2n) is 6.68. The van der Waals surface area contributed by atoms with Gasteiger partial charge in [0.15, 0.2) is 11.5 Å². The number of hydrogen-bond acceptors (Lipinski definition) is 4. The molecular weight excluding hydrogens is 292 g/mol. The highest BCUT2D eigenvalue weighted by atomic mass is 16.5. The van der Waals surface area contributed by atoms with Gasteiger partial charge >= 0.3 is 0 Å². The monoisotopic (exact) mass is 316 g/mol. The standard InChI is InChI=1S/C18H24N2O3/c1-18-9-5-4-6-13(18)16(18)17(21)20-19-11-12-7-8-14(22-2)15(10-12)23-3/h7-8,10-11,13,16H,4-6,9H2,1-3H3,(H,20,21)/b19-11-/t13-,16-,18-/m1/s1. The first-order valence-electron chi connectivity index (χ1n) is 8.15. The molecule has 2 aliphatic carbocycles. The van der Waals surface area contributed by atoms with Gasteiger partial charge in [-0.3, -0.25) is 4.79 Å². The molecule has 1 aromatic rings. The first-order valence-corrected chi connectivity index (χ1v) is 8.15. The molecule has 3 rings (SSSR count). The number of nitrogens with zero attached hydrogens (tertiary/aromatic N) is 1. The Labute approximate surface area is 137 Å². The van der Waals surface area contributed by atoms with Crippen LogP contribution in [-0.2, 0) is 4.79 Å². The van der Waals surface area contributed by atoms with Crippen LogP contribution in [0, 0.1) is 17.3 Å². The molecule has 124 valence electrons. The highest BCUT2D eigenvalue weighted by Gasteiger charge is 2.64. The van der Waals surface area contributed by atoms with Crippen molar-refractivity contribution < 1.29 is 14.3 Å². The van der Waals surface area contributed by atoms with Gasteiger partial charge in [0.1, 0.15) is 0 Å². The molecule has 1 amide bonds. The van der Waals surface area contributed by atoms with Gasteiger partial charge in [-0.15, -0.1) is 0 Å². The number of amides is 1. The molecule has 2 fully saturated rings. The van der Waals surface area contributed by atoms with Gasteiger partial charge in [0.2, 0.25) is 5.91 Å². The maximum atomic E-state index is 12.3. The Kier molecular flexibility index (Phi) is 4.28. The lowest BCUT2D eigenvalue weighted by Crippen LogP contribution is -2.22. The molecule has 2 aliphatic rings. The third kappa shape index (κ3) is 2.92. The van der Waals surface area contributed by atoms with E-state index in [9.17, 15) is 4.79 Å². The molecule has 3 atom stereocenters. The molecule has 5 nitrogen and oxygen atoms in total. The van der Waals surface area contributed by atoms with Crippen molar-refractivity contribution in [2.45, 2.75) is 32.6 Å². The Morgan fingerprint density at radius 1 is 1.30 bits per heavy atom. The summed E-state index contributed by atoms with van der Waals surface area (Å²) in [7, 11) is 3.19. The van der Waals surface area contributed by atoms with Crippen LogP contribution in [0.2, 0.25) is 0 Å². The van der Waals surface area contributed by atoms with Crippen molar-refractivity contribution in [3.8, 4) is 11.5 Å². The van der Waals surface area contributed by atoms with Crippen LogP contribution in [0.15, 0.2) is 23.3 Å². The van der Waals surface area contributed by atoms with E-state index in [1.54, 1.807) is 20.4 Å². The van der Waals surface area contributed by atoms with Gasteiger partial charge in [0, 0.05) is 5.92 Å². The van der Waals surface area contributed by atoms with E-state index >= 15 is 0 Å². The number of fused-ring (bicyclic) bond motifs is 1. The molecule has 0 radical (unpaired) electrons. The maximum absolute atomic E-state index is 12.3. The topological polar surface area (TPSA) is 59.9 Å². The number of ether oxygens (including phenoxy) is 2. The van der Waals surface area contributed by atoms with Crippen LogP contribution in [-0.4, -0.2) is 26.3 Å². The van der Waals surface area contributed by atoms with Crippen molar-refractivity contribution in [1.29, 1.82) is 0 Å². The number of methoxy groups -OCH3 is 2. The summed E-state index contributed by atoms with van der Waals surface area (Å²) in [6, 6.07) is 5.51. The summed E-state index contributed by atoms with van der Waals surface area (Å²) < 4.78 is 10.5. The third-order valence-electron chi connectivity index (χ3n) is 5.41. The predicted molar refractivity (Wildman–Crippen MR) is 88.8 cm³/mol. The minimum atomic E-state index is 0.0520. The van der Waals surface area contributed by atoms with Crippen LogP contribution in [0.3, 0.4) is 0 Å². The number of rotatable bonds is 5. The number of hydrazone groups is 1. The summed E-state index contributed by atoms with van der Waals surface area (Å²) in [4.78, 5) is 12.3. The predicted octanol–water partition coefficient (Wildman–Crippen LogP) is 2.98. The molecule has 1 N–H and O–H groups in total. The normalized spacial score (nSPS) is 29.0. The molecule has 1 aromatic carbocycles. The average molecular weight is 316 g/mol. The Balaban J connectivity index is 1.60. The largest absolute Gasteiger partial charge is 0.493 e. The van der Waals surface area contributed by atoms with Gasteiger partial charge < -0.3 is 9.47 Å². The lowest BCUT2D eigenvalue weighted by Gasteiger charge is -2.15. The molecule has 0 heterocycles. The molecule has 0 unspecified atom stereocenters. The van der Waals surface area contributed by atoms with Crippen LogP contribution < -0.4 is 14.9 Å². The van der Waals surface area contributed by atoms with Crippen LogP contribution >= 0.6 is 0 Å². The van der Waals surface area contributed by atoms with E-state index in [-0.39, 0.29) is 17.2 Å². The van der Waals surface area contributed by atoms with E-state index in [1.807, 2.05) is 18.2 Å². The van der Waals surface area contributed by atoms with Crippen molar-refractivity contribution in [1.82, 2.24) is 5.43 Å². The van der Waals surface area contributed by atoms with Gasteiger partial charge in [-0.1, -0.05) is 19.8 Å². The van der Waals surface area contributed by atoms with Crippen LogP contribution in [0.4, 0.5) is 0 Å². The molecule has 0 aromatic heterocycles. The highest BCUT2D eigenvalue weighted by molar-refractivity contribution is 5.86. The zero-order valence-electron chi connectivity index (χ0n) is 14.0. The van der Waals surface area contributed by atoms with Gasteiger partial charge in [-0.05, 0) is 47.9 Å². The van der Waals surface area contributed by atoms with Crippen molar-refractivity contribution in [3.05, 3.63) is 23.8 Å². The minimum Gasteiger partial charge on any atom is -0.493 e. The van der Waals surface area contributed by atoms with Gasteiger partial charge in [0.05, 0.1) is 20.4 Å². The fraction of sp³-hybridized carbons (Fsp3) is 0.556. The van der Waals surface area contributed by atoms with E-state index in [4.69, 9.17) is 9.47 Å². The summed E-state index contributed by atoms with van der Waals surface area (Å²) in [6.07, 6.45) is 6.46. The summed E-state index contributed by atoms with van der Waals surface area (Å²) in [5.41, 5.74) is 3.76. The molecule has 0 aliphatic heterocycles. The SMILES string of the molecule is COc1ccc(/C=N\NC(=O)[C@H]2[C@H]3CCCC[C@]32C)cc1OC. The van der Waals surface area contributed by atoms with E-state index in [2.05, 4.69) is 17.5 Å². The third-order valence-corrected chi connectivity index (χ3v) is 5.41. The highest BCUT2D eigenvalue weighted by Crippen LogP contribution is 2.66. The Morgan fingerprint density at radius 2 is 2.09 bits per heavy atom. The van der Waals surface area contributed by atoms with Crippen molar-refractivity contribution in [2.24, 2.45) is 22.4 Å². The Hall–Kier alpha value is -2.04. The van der Waals surface area contributed by atoms with E-state index in [0.717, 1.165) is 12.0 Å². The summed E-state index contributed by atoms with van der Waals surface area (Å²) in [5, 5.41) is 4.10. The molecule has 0 spiro atoms. The van der Waals surface area contributed by atoms with Gasteiger partial charge in [-0.2, -0.15) is 5.10 Å². The smallest absolute Gasteiger partial charge is 0.244 e. The fourth-order valence-corrected chi connectivity index (χ4v) is 4.02. The second-order valence-corrected chi connectivity index (χ2v) is 6.68. The summed E-state index contributed by atoms with van der Waals surface area (Å²) >= 11 is 0. The lowest BCUT2D eigenvalue weighted by atomic mass is 9.90. The van der Waals surface area contributed by atoms with Crippen LogP contribution in [0.1, 0.15) is 38.2 Å². The lowest BCUT2D eigenvalue weighted by molar-refractivity contribution is -0.123. The number of hydrogen-bond donors (Lipinski definition) is 1. The van der Waals surface area contributed by atoms with E-state index < -0.39 is 0 Å². The molecular formula is C18H24N2O3. The molecule has 0 bridgehead atoms. The number of carbonyl (C=O) groups is 1.